The number of hydrogen-bond donors (Lipinski definition) is 11. The zero-order valence-electron chi connectivity index (χ0n) is 23.7. The highest BCUT2D eigenvalue weighted by atomic mass is 32.1. The normalized spacial score (nSPS) is 12.0. The molecule has 1 unspecified atom stereocenters. The SMILES string of the molecule is C.CCC(C)(CN)CS.CCNCC(CS)CNCC.CNCC(CS)CNC.NCC(CN)CS. The third-order valence-electron chi connectivity index (χ3n) is 5.52. The Bertz CT molecular complexity index is 338. The quantitative estimate of drug-likeness (QED) is 0.110. The standard InChI is InChI=1S/C8H20N2S.C6H16N2S.C6H15NS.C4H12N2S.CH4/c1-3-9-5-8(7-11)6-10-4-2;1-7-3-6(5-9)4-8-2;1-3-6(2,4-7)5-8;5-1-4(2-6)3-7;/h8-11H,3-7H2,1-2H3;6-9H,3-5H2,1-2H3;8H,3-5,7H2,1-2H3;4,7H,1-3,5-6H2;1H4. The number of nitrogens with two attached hydrogens (primary N) is 3. The van der Waals surface area contributed by atoms with Crippen LogP contribution in [0.25, 0.3) is 0 Å². The first-order valence-corrected chi connectivity index (χ1v) is 15.5. The van der Waals surface area contributed by atoms with E-state index in [-0.39, 0.29) is 12.8 Å². The second kappa shape index (κ2) is 38.3. The molecule has 0 bridgehead atoms. The van der Waals surface area contributed by atoms with Gasteiger partial charge in [0.15, 0.2) is 0 Å². The zero-order chi connectivity index (χ0) is 28.0. The third kappa shape index (κ3) is 35.1. The summed E-state index contributed by atoms with van der Waals surface area (Å²) in [6.45, 7) is 16.9. The van der Waals surface area contributed by atoms with Gasteiger partial charge in [-0.05, 0) is 126 Å². The van der Waals surface area contributed by atoms with Crippen LogP contribution in [0.3, 0.4) is 0 Å². The van der Waals surface area contributed by atoms with Crippen LogP contribution in [-0.4, -0.2) is 96.0 Å². The highest BCUT2D eigenvalue weighted by Crippen LogP contribution is 2.19. The molecular formula is C25H67N7S4. The van der Waals surface area contributed by atoms with Gasteiger partial charge < -0.3 is 38.5 Å². The fourth-order valence-electron chi connectivity index (χ4n) is 2.24. The van der Waals surface area contributed by atoms with Crippen LogP contribution >= 0.6 is 50.5 Å². The van der Waals surface area contributed by atoms with E-state index in [0.29, 0.717) is 30.8 Å². The van der Waals surface area contributed by atoms with Gasteiger partial charge in [0.05, 0.1) is 0 Å². The Morgan fingerprint density at radius 2 is 1.03 bits per heavy atom. The summed E-state index contributed by atoms with van der Waals surface area (Å²) < 4.78 is 0. The summed E-state index contributed by atoms with van der Waals surface area (Å²) >= 11 is 16.7. The van der Waals surface area contributed by atoms with E-state index < -0.39 is 0 Å². The highest BCUT2D eigenvalue weighted by molar-refractivity contribution is 7.80. The van der Waals surface area contributed by atoms with Gasteiger partial charge in [-0.1, -0.05) is 35.1 Å². The Morgan fingerprint density at radius 1 is 0.667 bits per heavy atom. The van der Waals surface area contributed by atoms with Crippen LogP contribution in [-0.2, 0) is 0 Å². The van der Waals surface area contributed by atoms with Crippen LogP contribution in [0.15, 0.2) is 0 Å². The van der Waals surface area contributed by atoms with Gasteiger partial charge in [-0.2, -0.15) is 50.5 Å². The van der Waals surface area contributed by atoms with E-state index >= 15 is 0 Å². The zero-order valence-corrected chi connectivity index (χ0v) is 27.2. The number of hydrogen-bond acceptors (Lipinski definition) is 11. The average Bonchev–Trinajstić information content (AvgIpc) is 2.90. The van der Waals surface area contributed by atoms with Crippen LogP contribution in [0.4, 0.5) is 0 Å². The molecule has 0 saturated carbocycles. The first-order chi connectivity index (χ1) is 16.7. The molecule has 0 aliphatic carbocycles. The molecule has 0 rings (SSSR count). The first kappa shape index (κ1) is 46.9. The molecule has 7 nitrogen and oxygen atoms in total. The molecule has 36 heavy (non-hydrogen) atoms. The van der Waals surface area contributed by atoms with Crippen LogP contribution in [0.5, 0.6) is 0 Å². The van der Waals surface area contributed by atoms with Crippen molar-refractivity contribution >= 4 is 50.5 Å². The molecule has 10 N–H and O–H groups in total. The van der Waals surface area contributed by atoms with E-state index in [9.17, 15) is 0 Å². The number of thiol groups is 4. The van der Waals surface area contributed by atoms with E-state index in [0.717, 1.165) is 75.2 Å². The van der Waals surface area contributed by atoms with Crippen molar-refractivity contribution in [1.82, 2.24) is 21.3 Å². The molecule has 0 heterocycles. The monoisotopic (exact) mass is 593 g/mol. The second-order valence-electron chi connectivity index (χ2n) is 8.87. The lowest BCUT2D eigenvalue weighted by atomic mass is 9.90. The average molecular weight is 594 g/mol. The molecule has 0 aliphatic rings. The molecule has 1 atom stereocenters. The van der Waals surface area contributed by atoms with E-state index in [2.05, 4.69) is 99.5 Å². The van der Waals surface area contributed by atoms with Crippen LogP contribution < -0.4 is 38.5 Å². The summed E-state index contributed by atoms with van der Waals surface area (Å²) in [5.74, 6) is 5.32. The van der Waals surface area contributed by atoms with Crippen molar-refractivity contribution in [3.8, 4) is 0 Å². The second-order valence-corrected chi connectivity index (χ2v) is 10.3. The minimum Gasteiger partial charge on any atom is -0.330 e. The van der Waals surface area contributed by atoms with Gasteiger partial charge in [0.1, 0.15) is 0 Å². The van der Waals surface area contributed by atoms with Crippen molar-refractivity contribution in [3.63, 3.8) is 0 Å². The van der Waals surface area contributed by atoms with Crippen LogP contribution in [0.1, 0.15) is 41.5 Å². The van der Waals surface area contributed by atoms with Crippen molar-refractivity contribution in [2.45, 2.75) is 41.5 Å². The molecule has 0 aliphatic heterocycles. The minimum absolute atomic E-state index is 0. The fourth-order valence-corrected chi connectivity index (χ4v) is 3.41. The molecule has 0 aromatic heterocycles. The lowest BCUT2D eigenvalue weighted by molar-refractivity contribution is 0.375. The molecule has 0 aromatic carbocycles. The van der Waals surface area contributed by atoms with Crippen molar-refractivity contribution in [1.29, 1.82) is 0 Å². The molecular weight excluding hydrogens is 527 g/mol. The highest BCUT2D eigenvalue weighted by Gasteiger charge is 2.16. The summed E-state index contributed by atoms with van der Waals surface area (Å²) in [6.07, 6.45) is 1.12. The maximum atomic E-state index is 5.48. The van der Waals surface area contributed by atoms with Gasteiger partial charge in [0.25, 0.3) is 0 Å². The van der Waals surface area contributed by atoms with Crippen LogP contribution in [0, 0.1) is 23.2 Å². The van der Waals surface area contributed by atoms with E-state index in [1.54, 1.807) is 0 Å². The molecule has 0 saturated heterocycles. The third-order valence-corrected chi connectivity index (χ3v) is 7.83. The maximum absolute atomic E-state index is 5.48. The van der Waals surface area contributed by atoms with E-state index in [4.69, 9.17) is 17.2 Å². The van der Waals surface area contributed by atoms with Crippen molar-refractivity contribution in [2.24, 2.45) is 40.4 Å². The molecule has 0 amide bonds. The number of rotatable bonds is 18. The molecule has 11 heteroatoms. The maximum Gasteiger partial charge on any atom is -0.0000665 e. The Balaban J connectivity index is -0.000000119. The van der Waals surface area contributed by atoms with Gasteiger partial charge in [0.2, 0.25) is 0 Å². The minimum atomic E-state index is 0. The number of nitrogens with one attached hydrogen (secondary N) is 4. The predicted molar refractivity (Wildman–Crippen MR) is 183 cm³/mol. The van der Waals surface area contributed by atoms with E-state index in [1.807, 2.05) is 14.1 Å². The molecule has 0 spiro atoms. The summed E-state index contributed by atoms with van der Waals surface area (Å²) in [7, 11) is 3.93. The lowest BCUT2D eigenvalue weighted by Gasteiger charge is -2.22. The van der Waals surface area contributed by atoms with Gasteiger partial charge >= 0.3 is 0 Å². The van der Waals surface area contributed by atoms with Gasteiger partial charge in [-0.3, -0.25) is 0 Å². The van der Waals surface area contributed by atoms with Gasteiger partial charge in [0, 0.05) is 0 Å². The lowest BCUT2D eigenvalue weighted by Crippen LogP contribution is -2.32. The first-order valence-electron chi connectivity index (χ1n) is 13.0. The summed E-state index contributed by atoms with van der Waals surface area (Å²) in [5, 5.41) is 12.9. The fraction of sp³-hybridized carbons (Fsp3) is 1.00. The van der Waals surface area contributed by atoms with Gasteiger partial charge in [-0.25, -0.2) is 0 Å². The summed E-state index contributed by atoms with van der Waals surface area (Å²) in [5.41, 5.74) is 16.3. The van der Waals surface area contributed by atoms with E-state index in [1.165, 1.54) is 0 Å². The van der Waals surface area contributed by atoms with Gasteiger partial charge in [-0.15, -0.1) is 0 Å². The van der Waals surface area contributed by atoms with Crippen molar-refractivity contribution in [2.75, 3.05) is 96.0 Å². The summed E-state index contributed by atoms with van der Waals surface area (Å²) in [4.78, 5) is 0. The molecule has 0 aromatic rings. The predicted octanol–water partition coefficient (Wildman–Crippen LogP) is 2.10. The van der Waals surface area contributed by atoms with Crippen molar-refractivity contribution in [3.05, 3.63) is 0 Å². The Labute approximate surface area is 248 Å². The summed E-state index contributed by atoms with van der Waals surface area (Å²) in [6, 6.07) is 0. The Morgan fingerprint density at radius 3 is 1.17 bits per heavy atom. The topological polar surface area (TPSA) is 126 Å². The molecule has 226 valence electrons. The smallest absolute Gasteiger partial charge is 0.0000665 e. The van der Waals surface area contributed by atoms with Crippen LogP contribution in [0.2, 0.25) is 0 Å². The largest absolute Gasteiger partial charge is 0.330 e. The molecule has 0 radical (unpaired) electrons. The molecule has 0 fully saturated rings. The Kier molecular flexibility index (Phi) is 49.9. The Hall–Kier alpha value is 1.12. The van der Waals surface area contributed by atoms with Crippen molar-refractivity contribution < 1.29 is 0 Å².